The van der Waals surface area contributed by atoms with Crippen LogP contribution in [0, 0.1) is 5.92 Å². The third-order valence-electron chi connectivity index (χ3n) is 2.39. The lowest BCUT2D eigenvalue weighted by atomic mass is 10.0. The molecule has 0 heteroatoms. The van der Waals surface area contributed by atoms with E-state index in [0.717, 1.165) is 5.92 Å². The summed E-state index contributed by atoms with van der Waals surface area (Å²) in [5, 5.41) is 0. The molecule has 0 N–H and O–H groups in total. The molecule has 0 aromatic heterocycles. The first-order chi connectivity index (χ1) is 7.77. The van der Waals surface area contributed by atoms with Crippen molar-refractivity contribution in [2.45, 2.75) is 72.1 Å². The largest absolute Gasteiger partial charge is 0.106 e. The Bertz CT molecular complexity index is 92.2. The molecule has 0 rings (SSSR count). The molecule has 0 amide bonds. The zero-order chi connectivity index (χ0) is 13.2. The van der Waals surface area contributed by atoms with Gasteiger partial charge in [-0.2, -0.15) is 0 Å². The Morgan fingerprint density at radius 1 is 0.688 bits per heavy atom. The van der Waals surface area contributed by atoms with Gasteiger partial charge in [-0.15, -0.1) is 26.3 Å². The molecule has 0 aliphatic heterocycles. The van der Waals surface area contributed by atoms with Crippen molar-refractivity contribution in [2.24, 2.45) is 5.92 Å². The van der Waals surface area contributed by atoms with E-state index in [0.29, 0.717) is 0 Å². The fraction of sp³-hybridized carbons (Fsp3) is 0.750. The second-order valence-electron chi connectivity index (χ2n) is 4.30. The van der Waals surface area contributed by atoms with Crippen LogP contribution < -0.4 is 0 Å². The zero-order valence-electron chi connectivity index (χ0n) is 12.1. The molecule has 0 aromatic rings. The van der Waals surface area contributed by atoms with E-state index in [1.807, 2.05) is 0 Å². The molecule has 0 radical (unpaired) electrons. The van der Waals surface area contributed by atoms with Gasteiger partial charge in [0.25, 0.3) is 0 Å². The van der Waals surface area contributed by atoms with Crippen LogP contribution >= 0.6 is 0 Å². The maximum absolute atomic E-state index is 3.00. The third kappa shape index (κ3) is 29.2. The van der Waals surface area contributed by atoms with Gasteiger partial charge in [0.1, 0.15) is 0 Å². The Hall–Kier alpha value is -0.520. The van der Waals surface area contributed by atoms with Crippen molar-refractivity contribution in [1.82, 2.24) is 0 Å². The maximum Gasteiger partial charge on any atom is -0.0471 e. The van der Waals surface area contributed by atoms with Gasteiger partial charge in [-0.05, 0) is 5.92 Å². The summed E-state index contributed by atoms with van der Waals surface area (Å²) in [6.45, 7) is 18.9. The van der Waals surface area contributed by atoms with Gasteiger partial charge in [0, 0.05) is 0 Å². The van der Waals surface area contributed by atoms with Gasteiger partial charge in [-0.3, -0.25) is 0 Å². The molecule has 0 aliphatic carbocycles. The van der Waals surface area contributed by atoms with E-state index in [2.05, 4.69) is 47.1 Å². The molecule has 0 saturated heterocycles. The van der Waals surface area contributed by atoms with Crippen LogP contribution in [0.15, 0.2) is 26.3 Å². The minimum absolute atomic E-state index is 0.903. The SMILES string of the molecule is C=C.C=C.CCCCCCCCCC(C)C. The molecule has 16 heavy (non-hydrogen) atoms. The van der Waals surface area contributed by atoms with E-state index in [1.165, 1.54) is 51.4 Å². The van der Waals surface area contributed by atoms with Gasteiger partial charge in [0.2, 0.25) is 0 Å². The van der Waals surface area contributed by atoms with E-state index < -0.39 is 0 Å². The highest BCUT2D eigenvalue weighted by Gasteiger charge is 1.93. The fourth-order valence-electron chi connectivity index (χ4n) is 1.51. The summed E-state index contributed by atoms with van der Waals surface area (Å²) in [4.78, 5) is 0. The summed E-state index contributed by atoms with van der Waals surface area (Å²) in [7, 11) is 0. The molecule has 0 aromatic carbocycles. The quantitative estimate of drug-likeness (QED) is 0.332. The van der Waals surface area contributed by atoms with E-state index in [9.17, 15) is 0 Å². The van der Waals surface area contributed by atoms with Crippen LogP contribution in [0.4, 0.5) is 0 Å². The van der Waals surface area contributed by atoms with E-state index >= 15 is 0 Å². The first kappa shape index (κ1) is 20.8. The lowest BCUT2D eigenvalue weighted by Gasteiger charge is -2.03. The first-order valence-electron chi connectivity index (χ1n) is 6.77. The average Bonchev–Trinajstić information content (AvgIpc) is 2.33. The van der Waals surface area contributed by atoms with Gasteiger partial charge in [-0.25, -0.2) is 0 Å². The van der Waals surface area contributed by atoms with Crippen molar-refractivity contribution in [1.29, 1.82) is 0 Å². The summed E-state index contributed by atoms with van der Waals surface area (Å²) >= 11 is 0. The van der Waals surface area contributed by atoms with E-state index in [-0.39, 0.29) is 0 Å². The third-order valence-corrected chi connectivity index (χ3v) is 2.39. The highest BCUT2D eigenvalue weighted by atomic mass is 14.0. The highest BCUT2D eigenvalue weighted by molar-refractivity contribution is 4.48. The Kier molecular flexibility index (Phi) is 31.2. The molecular formula is C16H34. The predicted molar refractivity (Wildman–Crippen MR) is 80.0 cm³/mol. The van der Waals surface area contributed by atoms with Crippen LogP contribution in [-0.4, -0.2) is 0 Å². The molecule has 0 aliphatic rings. The zero-order valence-corrected chi connectivity index (χ0v) is 12.1. The maximum atomic E-state index is 3.00. The molecule has 0 fully saturated rings. The molecular weight excluding hydrogens is 192 g/mol. The second kappa shape index (κ2) is 24.0. The summed E-state index contributed by atoms with van der Waals surface area (Å²) < 4.78 is 0. The van der Waals surface area contributed by atoms with Crippen LogP contribution in [0.1, 0.15) is 72.1 Å². The van der Waals surface area contributed by atoms with Crippen molar-refractivity contribution >= 4 is 0 Å². The predicted octanol–water partition coefficient (Wildman–Crippen LogP) is 6.39. The Balaban J connectivity index is -0.000000376. The minimum atomic E-state index is 0.903. The number of hydrogen-bond donors (Lipinski definition) is 0. The Labute approximate surface area is 105 Å². The van der Waals surface area contributed by atoms with Crippen molar-refractivity contribution in [3.8, 4) is 0 Å². The molecule has 0 unspecified atom stereocenters. The normalized spacial score (nSPS) is 8.75. The average molecular weight is 226 g/mol. The molecule has 0 saturated carbocycles. The first-order valence-corrected chi connectivity index (χ1v) is 6.77. The number of hydrogen-bond acceptors (Lipinski definition) is 0. The monoisotopic (exact) mass is 226 g/mol. The minimum Gasteiger partial charge on any atom is -0.106 e. The number of unbranched alkanes of at least 4 members (excludes halogenated alkanes) is 6. The molecule has 0 atom stereocenters. The van der Waals surface area contributed by atoms with E-state index in [1.54, 1.807) is 0 Å². The smallest absolute Gasteiger partial charge is 0.0471 e. The van der Waals surface area contributed by atoms with Crippen LogP contribution in [-0.2, 0) is 0 Å². The van der Waals surface area contributed by atoms with Crippen LogP contribution in [0.3, 0.4) is 0 Å². The van der Waals surface area contributed by atoms with Gasteiger partial charge >= 0.3 is 0 Å². The van der Waals surface area contributed by atoms with Crippen molar-refractivity contribution in [3.63, 3.8) is 0 Å². The Morgan fingerprint density at radius 3 is 1.44 bits per heavy atom. The van der Waals surface area contributed by atoms with E-state index in [4.69, 9.17) is 0 Å². The van der Waals surface area contributed by atoms with Crippen molar-refractivity contribution in [2.75, 3.05) is 0 Å². The second-order valence-corrected chi connectivity index (χ2v) is 4.30. The van der Waals surface area contributed by atoms with Crippen LogP contribution in [0.25, 0.3) is 0 Å². The van der Waals surface area contributed by atoms with Gasteiger partial charge in [0.15, 0.2) is 0 Å². The summed E-state index contributed by atoms with van der Waals surface area (Å²) in [5.41, 5.74) is 0. The lowest BCUT2D eigenvalue weighted by Crippen LogP contribution is -1.87. The van der Waals surface area contributed by atoms with Crippen LogP contribution in [0.2, 0.25) is 0 Å². The summed E-state index contributed by atoms with van der Waals surface area (Å²) in [6, 6.07) is 0. The van der Waals surface area contributed by atoms with Crippen molar-refractivity contribution in [3.05, 3.63) is 26.3 Å². The standard InChI is InChI=1S/C12H26.2C2H4/c1-4-5-6-7-8-9-10-11-12(2)3;2*1-2/h12H,4-11H2,1-3H3;2*1-2H2. The molecule has 0 heterocycles. The topological polar surface area (TPSA) is 0 Å². The lowest BCUT2D eigenvalue weighted by molar-refractivity contribution is 0.511. The summed E-state index contributed by atoms with van der Waals surface area (Å²) in [6.07, 6.45) is 11.5. The van der Waals surface area contributed by atoms with Crippen molar-refractivity contribution < 1.29 is 0 Å². The van der Waals surface area contributed by atoms with Gasteiger partial charge in [-0.1, -0.05) is 72.1 Å². The molecule has 98 valence electrons. The molecule has 0 bridgehead atoms. The fourth-order valence-corrected chi connectivity index (χ4v) is 1.51. The summed E-state index contributed by atoms with van der Waals surface area (Å²) in [5.74, 6) is 0.903. The Morgan fingerprint density at radius 2 is 1.06 bits per heavy atom. The van der Waals surface area contributed by atoms with Crippen LogP contribution in [0.5, 0.6) is 0 Å². The molecule has 0 nitrogen and oxygen atoms in total. The van der Waals surface area contributed by atoms with Gasteiger partial charge < -0.3 is 0 Å². The molecule has 0 spiro atoms. The highest BCUT2D eigenvalue weighted by Crippen LogP contribution is 2.11. The van der Waals surface area contributed by atoms with Gasteiger partial charge in [0.05, 0.1) is 0 Å². The number of rotatable bonds is 8.